The molecule has 0 aliphatic carbocycles. The Balaban J connectivity index is 0.000000652. The average molecular weight is 468 g/mol. The minimum Gasteiger partial charge on any atom is -0.352 e. The van der Waals surface area contributed by atoms with Crippen LogP contribution in [0.1, 0.15) is 51.2 Å². The molecule has 5 aromatic rings. The molecule has 6 rings (SSSR count). The number of benzene rings is 3. The molecule has 0 fully saturated rings. The van der Waals surface area contributed by atoms with E-state index in [4.69, 9.17) is 0 Å². The lowest BCUT2D eigenvalue weighted by molar-refractivity contribution is 0.351. The molecule has 3 heterocycles. The molecule has 0 spiro atoms. The minimum absolute atomic E-state index is 0.0588. The Kier molecular flexibility index (Phi) is 7.84. The number of nitrogens with zero attached hydrogens (tertiary/aromatic N) is 1. The summed E-state index contributed by atoms with van der Waals surface area (Å²) in [6.45, 7) is 8.00. The SMILES string of the molecule is C1=C(c2ccccc2)NC(n2c3ccccc3c3ccsc32)NC1c1ccccc1.CC.CC. The number of para-hydroxylation sites is 1. The van der Waals surface area contributed by atoms with Gasteiger partial charge in [0.05, 0.1) is 11.6 Å². The van der Waals surface area contributed by atoms with E-state index in [9.17, 15) is 0 Å². The summed E-state index contributed by atoms with van der Waals surface area (Å²) in [7, 11) is 0. The highest BCUT2D eigenvalue weighted by Gasteiger charge is 2.26. The third kappa shape index (κ3) is 4.52. The highest BCUT2D eigenvalue weighted by atomic mass is 32.1. The van der Waals surface area contributed by atoms with Crippen molar-refractivity contribution in [3.63, 3.8) is 0 Å². The van der Waals surface area contributed by atoms with Crippen molar-refractivity contribution in [3.05, 3.63) is 114 Å². The van der Waals surface area contributed by atoms with Crippen molar-refractivity contribution in [2.45, 2.75) is 40.0 Å². The average Bonchev–Trinajstić information content (AvgIpc) is 3.53. The molecule has 4 heteroatoms. The molecule has 0 bridgehead atoms. The van der Waals surface area contributed by atoms with Crippen molar-refractivity contribution in [1.82, 2.24) is 15.2 Å². The van der Waals surface area contributed by atoms with Crippen LogP contribution in [0.25, 0.3) is 26.8 Å². The van der Waals surface area contributed by atoms with Gasteiger partial charge in [-0.3, -0.25) is 9.88 Å². The molecule has 1 aliphatic heterocycles. The van der Waals surface area contributed by atoms with Gasteiger partial charge in [-0.05, 0) is 34.7 Å². The van der Waals surface area contributed by atoms with Gasteiger partial charge in [-0.2, -0.15) is 0 Å². The third-order valence-electron chi connectivity index (χ3n) is 5.78. The summed E-state index contributed by atoms with van der Waals surface area (Å²) < 4.78 is 2.40. The van der Waals surface area contributed by atoms with Crippen molar-refractivity contribution in [2.24, 2.45) is 0 Å². The van der Waals surface area contributed by atoms with Crippen LogP contribution in [0.5, 0.6) is 0 Å². The Morgan fingerprint density at radius 2 is 1.35 bits per heavy atom. The van der Waals surface area contributed by atoms with E-state index < -0.39 is 0 Å². The van der Waals surface area contributed by atoms with Crippen LogP contribution < -0.4 is 10.6 Å². The third-order valence-corrected chi connectivity index (χ3v) is 6.69. The van der Waals surface area contributed by atoms with E-state index >= 15 is 0 Å². The van der Waals surface area contributed by atoms with Crippen LogP contribution >= 0.6 is 11.3 Å². The number of fused-ring (bicyclic) bond motifs is 3. The fourth-order valence-electron chi connectivity index (χ4n) is 4.38. The zero-order valence-corrected chi connectivity index (χ0v) is 21.1. The van der Waals surface area contributed by atoms with Crippen LogP contribution in [0, 0.1) is 0 Å². The summed E-state index contributed by atoms with van der Waals surface area (Å²) >= 11 is 1.79. The lowest BCUT2D eigenvalue weighted by Gasteiger charge is -2.34. The zero-order chi connectivity index (χ0) is 23.9. The summed E-state index contributed by atoms with van der Waals surface area (Å²) in [4.78, 5) is 1.28. The second-order valence-electron chi connectivity index (χ2n) is 7.57. The molecule has 2 unspecified atom stereocenters. The first-order valence-corrected chi connectivity index (χ1v) is 13.1. The highest BCUT2D eigenvalue weighted by molar-refractivity contribution is 7.17. The van der Waals surface area contributed by atoms with Gasteiger partial charge in [0.2, 0.25) is 0 Å². The molecule has 34 heavy (non-hydrogen) atoms. The largest absolute Gasteiger partial charge is 0.352 e. The Hall–Kier alpha value is -3.34. The number of hydrogen-bond acceptors (Lipinski definition) is 3. The van der Waals surface area contributed by atoms with Gasteiger partial charge in [-0.25, -0.2) is 0 Å². The van der Waals surface area contributed by atoms with Crippen molar-refractivity contribution in [1.29, 1.82) is 0 Å². The first-order chi connectivity index (χ1) is 16.9. The van der Waals surface area contributed by atoms with E-state index in [1.54, 1.807) is 11.3 Å². The zero-order valence-electron chi connectivity index (χ0n) is 20.3. The fraction of sp³-hybridized carbons (Fsp3) is 0.200. The molecule has 0 saturated carbocycles. The van der Waals surface area contributed by atoms with E-state index in [0.717, 1.165) is 5.70 Å². The van der Waals surface area contributed by atoms with Gasteiger partial charge in [-0.15, -0.1) is 11.3 Å². The second kappa shape index (κ2) is 11.2. The summed E-state index contributed by atoms with van der Waals surface area (Å²) in [5.41, 5.74) is 4.85. The van der Waals surface area contributed by atoms with Crippen LogP contribution in [0.2, 0.25) is 0 Å². The summed E-state index contributed by atoms with van der Waals surface area (Å²) in [6.07, 6.45) is 2.23. The van der Waals surface area contributed by atoms with Crippen molar-refractivity contribution in [3.8, 4) is 0 Å². The Bertz CT molecular complexity index is 1350. The molecule has 3 aromatic carbocycles. The van der Waals surface area contributed by atoms with Gasteiger partial charge >= 0.3 is 0 Å². The molecule has 3 nitrogen and oxygen atoms in total. The van der Waals surface area contributed by atoms with Crippen LogP contribution in [0.4, 0.5) is 0 Å². The van der Waals surface area contributed by atoms with E-state index in [-0.39, 0.29) is 12.3 Å². The standard InChI is InChI=1S/C26H21N3S.2C2H6/c1-3-9-18(10-4-1)22-17-23(19-11-5-2-6-12-19)28-26(27-22)29-24-14-8-7-13-20(24)21-15-16-30-25(21)29;2*1-2/h1-17,22,26-28H;2*1-2H3. The number of hydrogen-bond donors (Lipinski definition) is 2. The lowest BCUT2D eigenvalue weighted by Crippen LogP contribution is -2.42. The molecular formula is C30H33N3S. The second-order valence-corrected chi connectivity index (χ2v) is 8.47. The smallest absolute Gasteiger partial charge is 0.161 e. The van der Waals surface area contributed by atoms with Crippen LogP contribution in [-0.2, 0) is 0 Å². The minimum atomic E-state index is -0.0588. The van der Waals surface area contributed by atoms with E-state index in [1.165, 1.54) is 32.2 Å². The molecule has 174 valence electrons. The molecule has 0 amide bonds. The Morgan fingerprint density at radius 3 is 2.09 bits per heavy atom. The molecular weight excluding hydrogens is 434 g/mol. The van der Waals surface area contributed by atoms with E-state index in [2.05, 4.69) is 118 Å². The maximum Gasteiger partial charge on any atom is 0.161 e. The maximum atomic E-state index is 3.83. The van der Waals surface area contributed by atoms with Gasteiger partial charge in [0.25, 0.3) is 0 Å². The number of nitrogens with one attached hydrogen (secondary N) is 2. The predicted octanol–water partition coefficient (Wildman–Crippen LogP) is 8.34. The lowest BCUT2D eigenvalue weighted by atomic mass is 10.0. The first-order valence-electron chi connectivity index (χ1n) is 12.2. The quantitative estimate of drug-likeness (QED) is 0.279. The predicted molar refractivity (Wildman–Crippen MR) is 149 cm³/mol. The van der Waals surface area contributed by atoms with Gasteiger partial charge in [0.1, 0.15) is 4.83 Å². The van der Waals surface area contributed by atoms with Crippen molar-refractivity contribution < 1.29 is 0 Å². The van der Waals surface area contributed by atoms with Crippen LogP contribution in [0.3, 0.4) is 0 Å². The molecule has 2 aromatic heterocycles. The number of thiophene rings is 1. The van der Waals surface area contributed by atoms with E-state index in [0.29, 0.717) is 0 Å². The number of rotatable bonds is 3. The molecule has 2 atom stereocenters. The molecule has 2 N–H and O–H groups in total. The summed E-state index contributed by atoms with van der Waals surface area (Å²) in [5, 5.41) is 12.4. The van der Waals surface area contributed by atoms with Gasteiger partial charge in [-0.1, -0.05) is 107 Å². The molecule has 1 aliphatic rings. The van der Waals surface area contributed by atoms with Gasteiger partial charge in [0.15, 0.2) is 6.29 Å². The monoisotopic (exact) mass is 467 g/mol. The van der Waals surface area contributed by atoms with Gasteiger partial charge < -0.3 is 5.32 Å². The van der Waals surface area contributed by atoms with Crippen LogP contribution in [0.15, 0.2) is 102 Å². The fourth-order valence-corrected chi connectivity index (χ4v) is 5.34. The Labute approximate surface area is 206 Å². The normalized spacial score (nSPS) is 17.1. The highest BCUT2D eigenvalue weighted by Crippen LogP contribution is 2.36. The summed E-state index contributed by atoms with van der Waals surface area (Å²) in [5.74, 6) is 0. The topological polar surface area (TPSA) is 29.0 Å². The Morgan fingerprint density at radius 1 is 0.706 bits per heavy atom. The van der Waals surface area contributed by atoms with Crippen molar-refractivity contribution >= 4 is 38.2 Å². The molecule has 0 radical (unpaired) electrons. The maximum absolute atomic E-state index is 3.83. The number of aromatic nitrogens is 1. The van der Waals surface area contributed by atoms with Crippen molar-refractivity contribution in [2.75, 3.05) is 0 Å². The van der Waals surface area contributed by atoms with E-state index in [1.807, 2.05) is 27.7 Å². The first kappa shape index (κ1) is 23.8. The summed E-state index contributed by atoms with van der Waals surface area (Å²) in [6, 6.07) is 32.2. The molecule has 0 saturated heterocycles. The van der Waals surface area contributed by atoms with Crippen LogP contribution in [-0.4, -0.2) is 4.57 Å². The van der Waals surface area contributed by atoms with Gasteiger partial charge in [0, 0.05) is 16.5 Å².